The summed E-state index contributed by atoms with van der Waals surface area (Å²) < 4.78 is 2.36. The lowest BCUT2D eigenvalue weighted by Gasteiger charge is -2.29. The Morgan fingerprint density at radius 1 is 0.958 bits per heavy atom. The van der Waals surface area contributed by atoms with Gasteiger partial charge in [0.05, 0.1) is 6.54 Å². The molecule has 1 N–H and O–H groups in total. The molecule has 3 nitrogen and oxygen atoms in total. The van der Waals surface area contributed by atoms with Crippen LogP contribution in [-0.2, 0) is 5.72 Å². The van der Waals surface area contributed by atoms with Crippen LogP contribution >= 0.6 is 11.6 Å². The molecule has 0 radical (unpaired) electrons. The van der Waals surface area contributed by atoms with Crippen molar-refractivity contribution in [1.82, 2.24) is 0 Å². The number of nitrogens with zero attached hydrogens (tertiary/aromatic N) is 2. The third-order valence-electron chi connectivity index (χ3n) is 5.05. The predicted octanol–water partition coefficient (Wildman–Crippen LogP) is 3.99. The van der Waals surface area contributed by atoms with Gasteiger partial charge in [-0.25, -0.2) is 0 Å². The summed E-state index contributed by atoms with van der Waals surface area (Å²) in [6.07, 6.45) is 4.61. The Hall–Kier alpha value is -1.84. The molecule has 2 aromatic carbocycles. The summed E-state index contributed by atoms with van der Waals surface area (Å²) in [5.74, 6) is 1.23. The maximum absolute atomic E-state index is 11.7. The minimum atomic E-state index is -1.06. The van der Waals surface area contributed by atoms with E-state index in [-0.39, 0.29) is 0 Å². The number of halogens is 1. The number of benzene rings is 2. The van der Waals surface area contributed by atoms with Crippen LogP contribution in [-0.4, -0.2) is 28.6 Å². The van der Waals surface area contributed by atoms with Gasteiger partial charge in [0.25, 0.3) is 11.6 Å². The Labute approximate surface area is 147 Å². The standard InChI is InChI=1S/C20H22ClN2O/c21-17-12-10-16(11-13-17)20(24)15-22-14-6-2-5-9-19(22)23(20)18-7-3-1-4-8-18/h1,3-4,7-8,10-13,24H,2,5-6,9,14-15H2/q+1/t20-/m1/s1. The van der Waals surface area contributed by atoms with Crippen molar-refractivity contribution in [3.05, 3.63) is 65.2 Å². The molecule has 2 aliphatic rings. The van der Waals surface area contributed by atoms with Gasteiger partial charge in [-0.15, -0.1) is 0 Å². The largest absolute Gasteiger partial charge is 0.346 e. The van der Waals surface area contributed by atoms with E-state index in [0.717, 1.165) is 24.2 Å². The smallest absolute Gasteiger partial charge is 0.275 e. The third kappa shape index (κ3) is 2.62. The van der Waals surface area contributed by atoms with Crippen molar-refractivity contribution in [3.8, 4) is 0 Å². The van der Waals surface area contributed by atoms with Gasteiger partial charge in [0.2, 0.25) is 0 Å². The molecule has 4 rings (SSSR count). The summed E-state index contributed by atoms with van der Waals surface area (Å²) in [4.78, 5) is 2.13. The number of hydrogen-bond donors (Lipinski definition) is 1. The van der Waals surface area contributed by atoms with Crippen LogP contribution in [0.3, 0.4) is 0 Å². The van der Waals surface area contributed by atoms with Crippen molar-refractivity contribution in [1.29, 1.82) is 0 Å². The fraction of sp³-hybridized carbons (Fsp3) is 0.350. The highest BCUT2D eigenvalue weighted by Crippen LogP contribution is 2.37. The molecule has 0 spiro atoms. The lowest BCUT2D eigenvalue weighted by atomic mass is 10.00. The zero-order chi connectivity index (χ0) is 16.6. The maximum atomic E-state index is 11.7. The molecule has 4 heteroatoms. The van der Waals surface area contributed by atoms with E-state index in [4.69, 9.17) is 11.6 Å². The molecule has 0 saturated carbocycles. The van der Waals surface area contributed by atoms with Crippen molar-refractivity contribution in [2.24, 2.45) is 0 Å². The number of anilines is 1. The molecule has 2 aliphatic heterocycles. The van der Waals surface area contributed by atoms with Crippen molar-refractivity contribution in [2.75, 3.05) is 18.0 Å². The van der Waals surface area contributed by atoms with Gasteiger partial charge in [0, 0.05) is 17.0 Å². The quantitative estimate of drug-likeness (QED) is 0.836. The van der Waals surface area contributed by atoms with Gasteiger partial charge >= 0.3 is 0 Å². The molecule has 0 saturated heterocycles. The number of amidine groups is 1. The van der Waals surface area contributed by atoms with Crippen LogP contribution < -0.4 is 4.90 Å². The summed E-state index contributed by atoms with van der Waals surface area (Å²) in [6, 6.07) is 17.8. The van der Waals surface area contributed by atoms with Crippen LogP contribution in [0.1, 0.15) is 31.2 Å². The summed E-state index contributed by atoms with van der Waals surface area (Å²) in [7, 11) is 0. The van der Waals surface area contributed by atoms with Crippen LogP contribution in [0, 0.1) is 0 Å². The normalized spacial score (nSPS) is 24.0. The third-order valence-corrected chi connectivity index (χ3v) is 5.31. The summed E-state index contributed by atoms with van der Waals surface area (Å²) >= 11 is 6.05. The number of aliphatic hydroxyl groups is 1. The first-order valence-electron chi connectivity index (χ1n) is 8.63. The van der Waals surface area contributed by atoms with Crippen LogP contribution in [0.15, 0.2) is 54.6 Å². The minimum absolute atomic E-state index is 0.596. The Kier molecular flexibility index (Phi) is 4.07. The second kappa shape index (κ2) is 6.23. The van der Waals surface area contributed by atoms with E-state index in [0.29, 0.717) is 11.6 Å². The van der Waals surface area contributed by atoms with Crippen molar-refractivity contribution in [2.45, 2.75) is 31.4 Å². The fourth-order valence-corrected chi connectivity index (χ4v) is 4.03. The first-order valence-corrected chi connectivity index (χ1v) is 9.01. The van der Waals surface area contributed by atoms with Gasteiger partial charge in [0.15, 0.2) is 6.54 Å². The second-order valence-corrected chi connectivity index (χ2v) is 7.08. The Balaban J connectivity index is 1.83. The zero-order valence-electron chi connectivity index (χ0n) is 13.7. The SMILES string of the molecule is O[C@@]1(c2ccc(Cl)cc2)C[N+]2=C(CCCCC2)N1c1ccccc1. The molecule has 0 unspecified atom stereocenters. The summed E-state index contributed by atoms with van der Waals surface area (Å²) in [5, 5.41) is 12.4. The molecule has 0 amide bonds. The highest BCUT2D eigenvalue weighted by atomic mass is 35.5. The molecule has 1 atom stereocenters. The Morgan fingerprint density at radius 3 is 2.46 bits per heavy atom. The van der Waals surface area contributed by atoms with Crippen LogP contribution in [0.25, 0.3) is 0 Å². The highest BCUT2D eigenvalue weighted by Gasteiger charge is 2.53. The molecular weight excluding hydrogens is 320 g/mol. The Bertz CT molecular complexity index is 757. The summed E-state index contributed by atoms with van der Waals surface area (Å²) in [6.45, 7) is 1.60. The Morgan fingerprint density at radius 2 is 1.71 bits per heavy atom. The fourth-order valence-electron chi connectivity index (χ4n) is 3.90. The van der Waals surface area contributed by atoms with E-state index in [1.165, 1.54) is 25.1 Å². The van der Waals surface area contributed by atoms with Gasteiger partial charge in [-0.2, -0.15) is 4.90 Å². The van der Waals surface area contributed by atoms with Crippen molar-refractivity contribution in [3.63, 3.8) is 0 Å². The molecule has 2 heterocycles. The van der Waals surface area contributed by atoms with Crippen LogP contribution in [0.4, 0.5) is 5.69 Å². The van der Waals surface area contributed by atoms with Crippen LogP contribution in [0.5, 0.6) is 0 Å². The van der Waals surface area contributed by atoms with E-state index in [9.17, 15) is 5.11 Å². The average Bonchev–Trinajstić information content (AvgIpc) is 2.73. The van der Waals surface area contributed by atoms with Crippen LogP contribution in [0.2, 0.25) is 5.02 Å². The lowest BCUT2D eigenvalue weighted by Crippen LogP contribution is -2.47. The molecule has 2 aromatic rings. The first-order chi connectivity index (χ1) is 11.7. The van der Waals surface area contributed by atoms with Gasteiger partial charge < -0.3 is 5.11 Å². The number of rotatable bonds is 2. The van der Waals surface area contributed by atoms with E-state index >= 15 is 0 Å². The molecule has 0 fully saturated rings. The maximum Gasteiger partial charge on any atom is 0.275 e. The van der Waals surface area contributed by atoms with E-state index in [1.807, 2.05) is 42.5 Å². The van der Waals surface area contributed by atoms with Crippen molar-refractivity contribution < 1.29 is 9.68 Å². The van der Waals surface area contributed by atoms with Gasteiger partial charge in [-0.1, -0.05) is 41.9 Å². The van der Waals surface area contributed by atoms with Gasteiger partial charge in [0.1, 0.15) is 5.69 Å². The number of para-hydroxylation sites is 1. The first kappa shape index (κ1) is 15.7. The minimum Gasteiger partial charge on any atom is -0.346 e. The van der Waals surface area contributed by atoms with E-state index < -0.39 is 5.72 Å². The predicted molar refractivity (Wildman–Crippen MR) is 97.7 cm³/mol. The molecular formula is C20H22ClN2O+. The highest BCUT2D eigenvalue weighted by molar-refractivity contribution is 6.30. The van der Waals surface area contributed by atoms with Gasteiger partial charge in [-0.3, -0.25) is 4.58 Å². The topological polar surface area (TPSA) is 26.5 Å². The molecule has 24 heavy (non-hydrogen) atoms. The van der Waals surface area contributed by atoms with Crippen molar-refractivity contribution >= 4 is 23.1 Å². The lowest BCUT2D eigenvalue weighted by molar-refractivity contribution is -0.534. The molecule has 0 aromatic heterocycles. The molecule has 0 bridgehead atoms. The molecule has 124 valence electrons. The second-order valence-electron chi connectivity index (χ2n) is 6.64. The van der Waals surface area contributed by atoms with E-state index in [2.05, 4.69) is 21.6 Å². The molecule has 0 aliphatic carbocycles. The van der Waals surface area contributed by atoms with Gasteiger partial charge in [-0.05, 0) is 43.5 Å². The zero-order valence-corrected chi connectivity index (χ0v) is 14.4. The average molecular weight is 342 g/mol. The number of hydrogen-bond acceptors (Lipinski definition) is 2. The monoisotopic (exact) mass is 341 g/mol. The summed E-state index contributed by atoms with van der Waals surface area (Å²) in [5.41, 5.74) is 0.865. The van der Waals surface area contributed by atoms with E-state index in [1.54, 1.807) is 0 Å².